The zero-order chi connectivity index (χ0) is 25.1. The van der Waals surface area contributed by atoms with E-state index in [4.69, 9.17) is 9.84 Å². The normalized spacial score (nSPS) is 13.5. The van der Waals surface area contributed by atoms with Crippen LogP contribution in [0.1, 0.15) is 27.6 Å². The molecule has 0 N–H and O–H groups in total. The average Bonchev–Trinajstić information content (AvgIpc) is 3.39. The molecular formula is C29H28N4O3. The van der Waals surface area contributed by atoms with E-state index in [-0.39, 0.29) is 11.7 Å². The molecule has 1 aliphatic rings. The predicted octanol–water partition coefficient (Wildman–Crippen LogP) is 4.71. The molecular weight excluding hydrogens is 452 g/mol. The van der Waals surface area contributed by atoms with Crippen molar-refractivity contribution in [1.82, 2.24) is 14.7 Å². The van der Waals surface area contributed by atoms with Crippen LogP contribution in [0.5, 0.6) is 5.75 Å². The Morgan fingerprint density at radius 2 is 1.56 bits per heavy atom. The molecule has 0 unspecified atom stereocenters. The quantitative estimate of drug-likeness (QED) is 0.374. The van der Waals surface area contributed by atoms with E-state index in [1.54, 1.807) is 18.7 Å². The van der Waals surface area contributed by atoms with Gasteiger partial charge in [0.05, 0.1) is 18.4 Å². The molecule has 1 amide bonds. The van der Waals surface area contributed by atoms with Gasteiger partial charge in [-0.25, -0.2) is 4.68 Å². The number of piperazine rings is 1. The van der Waals surface area contributed by atoms with Crippen molar-refractivity contribution >= 4 is 17.4 Å². The van der Waals surface area contributed by atoms with Gasteiger partial charge in [0.1, 0.15) is 11.4 Å². The Morgan fingerprint density at radius 1 is 0.833 bits per heavy atom. The van der Waals surface area contributed by atoms with Crippen LogP contribution in [0.15, 0.2) is 85.1 Å². The number of methoxy groups -OCH3 is 1. The maximum absolute atomic E-state index is 13.7. The Morgan fingerprint density at radius 3 is 2.22 bits per heavy atom. The molecule has 0 atom stereocenters. The molecule has 182 valence electrons. The number of ketones is 1. The number of rotatable bonds is 6. The van der Waals surface area contributed by atoms with Gasteiger partial charge < -0.3 is 14.5 Å². The van der Waals surface area contributed by atoms with Crippen molar-refractivity contribution in [3.05, 3.63) is 96.2 Å². The molecule has 7 nitrogen and oxygen atoms in total. The molecule has 1 fully saturated rings. The van der Waals surface area contributed by atoms with Crippen molar-refractivity contribution in [2.75, 3.05) is 38.2 Å². The summed E-state index contributed by atoms with van der Waals surface area (Å²) in [4.78, 5) is 29.4. The molecule has 0 spiro atoms. The van der Waals surface area contributed by atoms with Gasteiger partial charge in [0, 0.05) is 49.2 Å². The first-order valence-electron chi connectivity index (χ1n) is 12.0. The summed E-state index contributed by atoms with van der Waals surface area (Å²) >= 11 is 0. The van der Waals surface area contributed by atoms with Gasteiger partial charge in [-0.2, -0.15) is 5.10 Å². The lowest BCUT2D eigenvalue weighted by Gasteiger charge is -2.36. The molecule has 7 heteroatoms. The minimum atomic E-state index is -0.0402. The molecule has 0 bridgehead atoms. The molecule has 0 radical (unpaired) electrons. The zero-order valence-electron chi connectivity index (χ0n) is 20.4. The smallest absolute Gasteiger partial charge is 0.257 e. The van der Waals surface area contributed by atoms with Crippen LogP contribution < -0.4 is 9.64 Å². The maximum Gasteiger partial charge on any atom is 0.257 e. The second kappa shape index (κ2) is 10.1. The van der Waals surface area contributed by atoms with Crippen LogP contribution in [0.25, 0.3) is 16.9 Å². The van der Waals surface area contributed by atoms with Crippen molar-refractivity contribution < 1.29 is 14.3 Å². The molecule has 5 rings (SSSR count). The summed E-state index contributed by atoms with van der Waals surface area (Å²) in [6.45, 7) is 4.20. The van der Waals surface area contributed by atoms with E-state index in [2.05, 4.69) is 4.90 Å². The van der Waals surface area contributed by atoms with Crippen LogP contribution in [-0.4, -0.2) is 59.7 Å². The van der Waals surface area contributed by atoms with Gasteiger partial charge >= 0.3 is 0 Å². The van der Waals surface area contributed by atoms with Crippen LogP contribution >= 0.6 is 0 Å². The number of Topliss-reactive ketones (excluding diaryl/α,β-unsaturated/α-hetero) is 1. The van der Waals surface area contributed by atoms with Gasteiger partial charge in [-0.1, -0.05) is 30.3 Å². The van der Waals surface area contributed by atoms with Crippen LogP contribution in [0.2, 0.25) is 0 Å². The summed E-state index contributed by atoms with van der Waals surface area (Å²) in [6, 6.07) is 25.1. The number of benzene rings is 3. The van der Waals surface area contributed by atoms with E-state index in [9.17, 15) is 9.59 Å². The molecule has 2 heterocycles. The standard InChI is InChI=1S/C29H28N4O3/c1-21(34)22-11-13-24(14-12-22)31-15-17-32(18-16-31)29(35)27-20-33(25-8-4-3-5-9-25)30-28(27)23-7-6-10-26(19-23)36-2/h3-14,19-20H,15-18H2,1-2H3. The maximum atomic E-state index is 13.7. The van der Waals surface area contributed by atoms with Crippen molar-refractivity contribution in [2.24, 2.45) is 0 Å². The van der Waals surface area contributed by atoms with E-state index >= 15 is 0 Å². The molecule has 36 heavy (non-hydrogen) atoms. The summed E-state index contributed by atoms with van der Waals surface area (Å²) in [5.41, 5.74) is 4.67. The molecule has 1 saturated heterocycles. The monoisotopic (exact) mass is 480 g/mol. The molecule has 3 aromatic carbocycles. The fraction of sp³-hybridized carbons (Fsp3) is 0.207. The van der Waals surface area contributed by atoms with Crippen LogP contribution in [0.4, 0.5) is 5.69 Å². The first-order chi connectivity index (χ1) is 17.5. The molecule has 1 aromatic heterocycles. The third kappa shape index (κ3) is 4.73. The van der Waals surface area contributed by atoms with Crippen molar-refractivity contribution in [3.8, 4) is 22.7 Å². The van der Waals surface area contributed by atoms with E-state index in [1.807, 2.05) is 90.0 Å². The van der Waals surface area contributed by atoms with Gasteiger partial charge in [0.15, 0.2) is 5.78 Å². The first kappa shape index (κ1) is 23.4. The lowest BCUT2D eigenvalue weighted by atomic mass is 10.1. The highest BCUT2D eigenvalue weighted by Gasteiger charge is 2.27. The van der Waals surface area contributed by atoms with Gasteiger partial charge in [-0.15, -0.1) is 0 Å². The lowest BCUT2D eigenvalue weighted by molar-refractivity contribution is 0.0747. The number of para-hydroxylation sites is 1. The van der Waals surface area contributed by atoms with Crippen molar-refractivity contribution in [2.45, 2.75) is 6.92 Å². The SMILES string of the molecule is COc1cccc(-c2nn(-c3ccccc3)cc2C(=O)N2CCN(c3ccc(C(C)=O)cc3)CC2)c1. The minimum Gasteiger partial charge on any atom is -0.497 e. The number of amides is 1. The van der Waals surface area contributed by atoms with Gasteiger partial charge in [-0.3, -0.25) is 9.59 Å². The Bertz CT molecular complexity index is 1370. The third-order valence-electron chi connectivity index (χ3n) is 6.51. The number of anilines is 1. The molecule has 0 aliphatic carbocycles. The summed E-state index contributed by atoms with van der Waals surface area (Å²) in [5.74, 6) is 0.728. The number of nitrogens with zero attached hydrogens (tertiary/aromatic N) is 4. The highest BCUT2D eigenvalue weighted by molar-refractivity contribution is 6.00. The number of ether oxygens (including phenoxy) is 1. The summed E-state index contributed by atoms with van der Waals surface area (Å²) in [7, 11) is 1.63. The second-order valence-electron chi connectivity index (χ2n) is 8.79. The third-order valence-corrected chi connectivity index (χ3v) is 6.51. The molecule has 1 aliphatic heterocycles. The number of hydrogen-bond acceptors (Lipinski definition) is 5. The fourth-order valence-electron chi connectivity index (χ4n) is 4.47. The highest BCUT2D eigenvalue weighted by atomic mass is 16.5. The predicted molar refractivity (Wildman–Crippen MR) is 140 cm³/mol. The fourth-order valence-corrected chi connectivity index (χ4v) is 4.47. The Labute approximate surface area is 210 Å². The van der Waals surface area contributed by atoms with Gasteiger partial charge in [-0.05, 0) is 55.5 Å². The number of hydrogen-bond donors (Lipinski definition) is 0. The summed E-state index contributed by atoms with van der Waals surface area (Å²) in [5, 5.41) is 4.80. The Hall–Kier alpha value is -4.39. The lowest BCUT2D eigenvalue weighted by Crippen LogP contribution is -2.48. The van der Waals surface area contributed by atoms with Crippen LogP contribution in [0.3, 0.4) is 0 Å². The average molecular weight is 481 g/mol. The van der Waals surface area contributed by atoms with Crippen LogP contribution in [-0.2, 0) is 0 Å². The van der Waals surface area contributed by atoms with E-state index in [0.717, 1.165) is 16.9 Å². The van der Waals surface area contributed by atoms with E-state index in [0.29, 0.717) is 48.7 Å². The number of carbonyl (C=O) groups excluding carboxylic acids is 2. The van der Waals surface area contributed by atoms with E-state index < -0.39 is 0 Å². The highest BCUT2D eigenvalue weighted by Crippen LogP contribution is 2.28. The van der Waals surface area contributed by atoms with Crippen molar-refractivity contribution in [3.63, 3.8) is 0 Å². The molecule has 4 aromatic rings. The van der Waals surface area contributed by atoms with Gasteiger partial charge in [0.2, 0.25) is 0 Å². The number of carbonyl (C=O) groups is 2. The number of aromatic nitrogens is 2. The zero-order valence-corrected chi connectivity index (χ0v) is 20.4. The van der Waals surface area contributed by atoms with Crippen LogP contribution in [0, 0.1) is 0 Å². The first-order valence-corrected chi connectivity index (χ1v) is 12.0. The Kier molecular flexibility index (Phi) is 6.54. The van der Waals surface area contributed by atoms with E-state index in [1.165, 1.54) is 0 Å². The summed E-state index contributed by atoms with van der Waals surface area (Å²) < 4.78 is 7.16. The minimum absolute atomic E-state index is 0.0402. The topological polar surface area (TPSA) is 67.7 Å². The molecule has 0 saturated carbocycles. The Balaban J connectivity index is 1.40. The summed E-state index contributed by atoms with van der Waals surface area (Å²) in [6.07, 6.45) is 1.82. The van der Waals surface area contributed by atoms with Gasteiger partial charge in [0.25, 0.3) is 5.91 Å². The second-order valence-corrected chi connectivity index (χ2v) is 8.79. The largest absolute Gasteiger partial charge is 0.497 e. The van der Waals surface area contributed by atoms with Crippen molar-refractivity contribution in [1.29, 1.82) is 0 Å².